The molecule has 0 radical (unpaired) electrons. The van der Waals surface area contributed by atoms with Crippen molar-refractivity contribution in [2.75, 3.05) is 0 Å². The summed E-state index contributed by atoms with van der Waals surface area (Å²) in [5.41, 5.74) is 1.12. The van der Waals surface area contributed by atoms with Crippen LogP contribution in [0.1, 0.15) is 0 Å². The SMILES string of the molecule is Cn1ncc2c(S)cccc21. The molecule has 0 fully saturated rings. The second-order valence-electron chi connectivity index (χ2n) is 2.48. The minimum Gasteiger partial charge on any atom is -0.268 e. The number of aryl methyl sites for hydroxylation is 1. The first-order valence-electron chi connectivity index (χ1n) is 3.39. The van der Waals surface area contributed by atoms with Gasteiger partial charge in [-0.25, -0.2) is 0 Å². The van der Waals surface area contributed by atoms with Crippen LogP contribution in [-0.2, 0) is 7.05 Å². The number of fused-ring (bicyclic) bond motifs is 1. The van der Waals surface area contributed by atoms with E-state index >= 15 is 0 Å². The third-order valence-electron chi connectivity index (χ3n) is 1.77. The van der Waals surface area contributed by atoms with Gasteiger partial charge in [0.1, 0.15) is 0 Å². The highest BCUT2D eigenvalue weighted by molar-refractivity contribution is 7.80. The van der Waals surface area contributed by atoms with Gasteiger partial charge in [-0.05, 0) is 12.1 Å². The normalized spacial score (nSPS) is 10.7. The maximum Gasteiger partial charge on any atom is 0.0690 e. The molecule has 0 aliphatic heterocycles. The fraction of sp³-hybridized carbons (Fsp3) is 0.125. The van der Waals surface area contributed by atoms with Crippen LogP contribution in [0.2, 0.25) is 0 Å². The lowest BCUT2D eigenvalue weighted by Gasteiger charge is -1.94. The highest BCUT2D eigenvalue weighted by atomic mass is 32.1. The lowest BCUT2D eigenvalue weighted by molar-refractivity contribution is 0.797. The van der Waals surface area contributed by atoms with E-state index in [0.717, 1.165) is 15.8 Å². The van der Waals surface area contributed by atoms with E-state index in [-0.39, 0.29) is 0 Å². The standard InChI is InChI=1S/C8H8N2S/c1-10-7-3-2-4-8(11)6(7)5-9-10/h2-5,11H,1H3. The maximum absolute atomic E-state index is 4.31. The summed E-state index contributed by atoms with van der Waals surface area (Å²) in [5, 5.41) is 5.23. The molecule has 0 N–H and O–H groups in total. The Kier molecular flexibility index (Phi) is 1.39. The van der Waals surface area contributed by atoms with Crippen LogP contribution in [0.15, 0.2) is 29.3 Å². The minimum atomic E-state index is 0.982. The van der Waals surface area contributed by atoms with Crippen molar-refractivity contribution in [1.29, 1.82) is 0 Å². The molecule has 2 rings (SSSR count). The molecular weight excluding hydrogens is 156 g/mol. The highest BCUT2D eigenvalue weighted by Gasteiger charge is 1.99. The van der Waals surface area contributed by atoms with Gasteiger partial charge in [0.15, 0.2) is 0 Å². The van der Waals surface area contributed by atoms with Crippen LogP contribution in [-0.4, -0.2) is 9.78 Å². The van der Waals surface area contributed by atoms with Crippen molar-refractivity contribution in [2.45, 2.75) is 4.90 Å². The number of benzene rings is 1. The molecular formula is C8H8N2S. The van der Waals surface area contributed by atoms with Crippen LogP contribution < -0.4 is 0 Å². The van der Waals surface area contributed by atoms with Gasteiger partial charge in [-0.2, -0.15) is 5.10 Å². The largest absolute Gasteiger partial charge is 0.268 e. The maximum atomic E-state index is 4.31. The summed E-state index contributed by atoms with van der Waals surface area (Å²) in [6.07, 6.45) is 1.83. The number of hydrogen-bond acceptors (Lipinski definition) is 2. The molecule has 1 aromatic carbocycles. The molecule has 0 amide bonds. The van der Waals surface area contributed by atoms with Crippen LogP contribution in [0.5, 0.6) is 0 Å². The van der Waals surface area contributed by atoms with E-state index in [2.05, 4.69) is 17.7 Å². The van der Waals surface area contributed by atoms with Gasteiger partial charge in [0.2, 0.25) is 0 Å². The van der Waals surface area contributed by atoms with E-state index in [0.29, 0.717) is 0 Å². The molecule has 0 aliphatic rings. The lowest BCUT2D eigenvalue weighted by atomic mass is 10.2. The van der Waals surface area contributed by atoms with E-state index in [1.165, 1.54) is 0 Å². The molecule has 0 saturated carbocycles. The second-order valence-corrected chi connectivity index (χ2v) is 2.96. The van der Waals surface area contributed by atoms with Gasteiger partial charge in [0.25, 0.3) is 0 Å². The van der Waals surface area contributed by atoms with Crippen LogP contribution in [0.4, 0.5) is 0 Å². The van der Waals surface area contributed by atoms with E-state index < -0.39 is 0 Å². The molecule has 1 heterocycles. The second kappa shape index (κ2) is 2.27. The predicted octanol–water partition coefficient (Wildman–Crippen LogP) is 1.86. The van der Waals surface area contributed by atoms with E-state index in [4.69, 9.17) is 0 Å². The van der Waals surface area contributed by atoms with Gasteiger partial charge in [-0.1, -0.05) is 6.07 Å². The summed E-state index contributed by atoms with van der Waals surface area (Å²) in [7, 11) is 1.93. The van der Waals surface area contributed by atoms with Crippen molar-refractivity contribution in [3.8, 4) is 0 Å². The smallest absolute Gasteiger partial charge is 0.0690 e. The Labute approximate surface area is 70.2 Å². The number of rotatable bonds is 0. The molecule has 2 nitrogen and oxygen atoms in total. The summed E-state index contributed by atoms with van der Waals surface area (Å²) in [5.74, 6) is 0. The molecule has 0 atom stereocenters. The predicted molar refractivity (Wildman–Crippen MR) is 48.0 cm³/mol. The summed E-state index contributed by atoms with van der Waals surface area (Å²) < 4.78 is 1.84. The highest BCUT2D eigenvalue weighted by Crippen LogP contribution is 2.19. The Morgan fingerprint density at radius 1 is 1.45 bits per heavy atom. The number of nitrogens with zero attached hydrogens (tertiary/aromatic N) is 2. The number of aromatic nitrogens is 2. The molecule has 56 valence electrons. The number of hydrogen-bond donors (Lipinski definition) is 1. The zero-order chi connectivity index (χ0) is 7.84. The monoisotopic (exact) mass is 164 g/mol. The Bertz CT molecular complexity index is 392. The van der Waals surface area contributed by atoms with Crippen LogP contribution in [0, 0.1) is 0 Å². The molecule has 0 saturated heterocycles. The lowest BCUT2D eigenvalue weighted by Crippen LogP contribution is -1.87. The third kappa shape index (κ3) is 0.922. The third-order valence-corrected chi connectivity index (χ3v) is 2.16. The van der Waals surface area contributed by atoms with Gasteiger partial charge < -0.3 is 0 Å². The van der Waals surface area contributed by atoms with Crippen molar-refractivity contribution in [3.05, 3.63) is 24.4 Å². The number of thiol groups is 1. The molecule has 0 unspecified atom stereocenters. The molecule has 11 heavy (non-hydrogen) atoms. The zero-order valence-electron chi connectivity index (χ0n) is 6.15. The average Bonchev–Trinajstić information content (AvgIpc) is 2.35. The Morgan fingerprint density at radius 2 is 2.27 bits per heavy atom. The van der Waals surface area contributed by atoms with Crippen LogP contribution in [0.25, 0.3) is 10.9 Å². The van der Waals surface area contributed by atoms with Gasteiger partial charge in [0, 0.05) is 17.3 Å². The van der Waals surface area contributed by atoms with Crippen LogP contribution >= 0.6 is 12.6 Å². The first kappa shape index (κ1) is 6.73. The molecule has 3 heteroatoms. The quantitative estimate of drug-likeness (QED) is 0.588. The van der Waals surface area contributed by atoms with Gasteiger partial charge >= 0.3 is 0 Å². The van der Waals surface area contributed by atoms with Crippen molar-refractivity contribution < 1.29 is 0 Å². The first-order chi connectivity index (χ1) is 5.29. The Balaban J connectivity index is 2.94. The van der Waals surface area contributed by atoms with Crippen molar-refractivity contribution in [2.24, 2.45) is 7.05 Å². The van der Waals surface area contributed by atoms with Crippen molar-refractivity contribution in [3.63, 3.8) is 0 Å². The minimum absolute atomic E-state index is 0.982. The molecule has 0 bridgehead atoms. The molecule has 2 aromatic rings. The Hall–Kier alpha value is -0.960. The van der Waals surface area contributed by atoms with Gasteiger partial charge in [0.05, 0.1) is 11.7 Å². The fourth-order valence-electron chi connectivity index (χ4n) is 1.16. The fourth-order valence-corrected chi connectivity index (χ4v) is 1.42. The van der Waals surface area contributed by atoms with Crippen molar-refractivity contribution in [1.82, 2.24) is 9.78 Å². The Morgan fingerprint density at radius 3 is 3.00 bits per heavy atom. The topological polar surface area (TPSA) is 17.8 Å². The molecule has 1 aromatic heterocycles. The van der Waals surface area contributed by atoms with E-state index in [9.17, 15) is 0 Å². The van der Waals surface area contributed by atoms with Gasteiger partial charge in [-0.3, -0.25) is 4.68 Å². The summed E-state index contributed by atoms with van der Waals surface area (Å²) in [4.78, 5) is 0.982. The first-order valence-corrected chi connectivity index (χ1v) is 3.83. The van der Waals surface area contributed by atoms with E-state index in [1.807, 2.05) is 36.1 Å². The summed E-state index contributed by atoms with van der Waals surface area (Å²) in [6, 6.07) is 5.97. The van der Waals surface area contributed by atoms with E-state index in [1.54, 1.807) is 0 Å². The van der Waals surface area contributed by atoms with Crippen LogP contribution in [0.3, 0.4) is 0 Å². The zero-order valence-corrected chi connectivity index (χ0v) is 7.05. The molecule has 0 spiro atoms. The summed E-state index contributed by atoms with van der Waals surface area (Å²) >= 11 is 4.31. The van der Waals surface area contributed by atoms with Gasteiger partial charge in [-0.15, -0.1) is 12.6 Å². The average molecular weight is 164 g/mol. The van der Waals surface area contributed by atoms with Crippen molar-refractivity contribution >= 4 is 23.5 Å². The summed E-state index contributed by atoms with van der Waals surface area (Å²) in [6.45, 7) is 0. The molecule has 0 aliphatic carbocycles.